The summed E-state index contributed by atoms with van der Waals surface area (Å²) in [6, 6.07) is 2.01. The van der Waals surface area contributed by atoms with Gasteiger partial charge in [0.2, 0.25) is 5.95 Å². The zero-order chi connectivity index (χ0) is 10.7. The Labute approximate surface area is 108 Å². The molecule has 0 amide bonds. The molecule has 0 saturated carbocycles. The monoisotopic (exact) mass is 310 g/mol. The molecule has 0 aromatic carbocycles. The predicted octanol–water partition coefficient (Wildman–Crippen LogP) is 2.54. The lowest BCUT2D eigenvalue weighted by Crippen LogP contribution is -2.28. The van der Waals surface area contributed by atoms with Crippen LogP contribution in [0.15, 0.2) is 16.7 Å². The quantitative estimate of drug-likeness (QED) is 0.871. The van der Waals surface area contributed by atoms with E-state index >= 15 is 0 Å². The normalized spacial score (nSPS) is 19.2. The molecule has 1 aromatic heterocycles. The Hall–Kier alpha value is -0.390. The number of aromatic nitrogens is 1. The standard InChI is InChI=1S/C10H12BrFN2O.ClH/c11-9-4-8(5-14-10(9)12)15-6-7-2-1-3-13-7;/h4-5,7,13H,1-3,6H2;1H. The fourth-order valence-corrected chi connectivity index (χ4v) is 1.91. The van der Waals surface area contributed by atoms with Crippen LogP contribution in [0.4, 0.5) is 4.39 Å². The van der Waals surface area contributed by atoms with Crippen molar-refractivity contribution < 1.29 is 9.13 Å². The van der Waals surface area contributed by atoms with Gasteiger partial charge in [0.15, 0.2) is 0 Å². The van der Waals surface area contributed by atoms with Gasteiger partial charge in [-0.2, -0.15) is 4.39 Å². The minimum Gasteiger partial charge on any atom is -0.490 e. The molecule has 1 unspecified atom stereocenters. The summed E-state index contributed by atoms with van der Waals surface area (Å²) in [7, 11) is 0. The molecular formula is C10H13BrClFN2O. The zero-order valence-electron chi connectivity index (χ0n) is 8.58. The van der Waals surface area contributed by atoms with Gasteiger partial charge in [0.1, 0.15) is 12.4 Å². The molecular weight excluding hydrogens is 298 g/mol. The Morgan fingerprint density at radius 2 is 2.44 bits per heavy atom. The van der Waals surface area contributed by atoms with Crippen LogP contribution in [0.3, 0.4) is 0 Å². The van der Waals surface area contributed by atoms with E-state index in [2.05, 4.69) is 26.2 Å². The molecule has 2 heterocycles. The maximum absolute atomic E-state index is 12.8. The number of nitrogens with one attached hydrogen (secondary N) is 1. The maximum atomic E-state index is 12.8. The predicted molar refractivity (Wildman–Crippen MR) is 65.7 cm³/mol. The van der Waals surface area contributed by atoms with Gasteiger partial charge in [-0.1, -0.05) is 0 Å². The lowest BCUT2D eigenvalue weighted by atomic mass is 10.2. The summed E-state index contributed by atoms with van der Waals surface area (Å²) >= 11 is 3.07. The van der Waals surface area contributed by atoms with E-state index in [1.807, 2.05) is 0 Å². The first-order valence-corrected chi connectivity index (χ1v) is 5.72. The van der Waals surface area contributed by atoms with Crippen molar-refractivity contribution in [2.75, 3.05) is 13.2 Å². The van der Waals surface area contributed by atoms with Crippen molar-refractivity contribution >= 4 is 28.3 Å². The third kappa shape index (κ3) is 3.57. The molecule has 1 fully saturated rings. The third-order valence-corrected chi connectivity index (χ3v) is 2.94. The molecule has 90 valence electrons. The highest BCUT2D eigenvalue weighted by Gasteiger charge is 2.14. The summed E-state index contributed by atoms with van der Waals surface area (Å²) in [6.45, 7) is 1.67. The van der Waals surface area contributed by atoms with E-state index in [1.54, 1.807) is 6.07 Å². The maximum Gasteiger partial charge on any atom is 0.227 e. The molecule has 2 rings (SSSR count). The molecule has 1 atom stereocenters. The minimum atomic E-state index is -0.513. The minimum absolute atomic E-state index is 0. The highest BCUT2D eigenvalue weighted by atomic mass is 79.9. The van der Waals surface area contributed by atoms with Gasteiger partial charge in [-0.05, 0) is 35.3 Å². The molecule has 0 radical (unpaired) electrons. The Morgan fingerprint density at radius 1 is 1.62 bits per heavy atom. The Kier molecular flexibility index (Phi) is 5.44. The number of ether oxygens (including phenoxy) is 1. The van der Waals surface area contributed by atoms with E-state index in [0.717, 1.165) is 13.0 Å². The van der Waals surface area contributed by atoms with Gasteiger partial charge in [-0.25, -0.2) is 4.98 Å². The van der Waals surface area contributed by atoms with Crippen molar-refractivity contribution in [2.24, 2.45) is 0 Å². The highest BCUT2D eigenvalue weighted by Crippen LogP contribution is 2.19. The Balaban J connectivity index is 0.00000128. The first-order valence-electron chi connectivity index (χ1n) is 4.93. The average molecular weight is 312 g/mol. The average Bonchev–Trinajstić information content (AvgIpc) is 2.73. The van der Waals surface area contributed by atoms with Gasteiger partial charge < -0.3 is 10.1 Å². The molecule has 16 heavy (non-hydrogen) atoms. The van der Waals surface area contributed by atoms with Crippen LogP contribution in [0, 0.1) is 5.95 Å². The number of hydrogen-bond donors (Lipinski definition) is 1. The molecule has 1 aromatic rings. The molecule has 3 nitrogen and oxygen atoms in total. The van der Waals surface area contributed by atoms with Gasteiger partial charge in [-0.15, -0.1) is 12.4 Å². The number of nitrogens with zero attached hydrogens (tertiary/aromatic N) is 1. The second-order valence-corrected chi connectivity index (χ2v) is 4.40. The van der Waals surface area contributed by atoms with Gasteiger partial charge >= 0.3 is 0 Å². The summed E-state index contributed by atoms with van der Waals surface area (Å²) in [5.74, 6) is 0.0818. The van der Waals surface area contributed by atoms with Crippen molar-refractivity contribution in [1.82, 2.24) is 10.3 Å². The molecule has 6 heteroatoms. The first-order chi connectivity index (χ1) is 7.25. The molecule has 0 spiro atoms. The molecule has 0 bridgehead atoms. The van der Waals surface area contributed by atoms with Crippen LogP contribution < -0.4 is 10.1 Å². The second kappa shape index (κ2) is 6.37. The Morgan fingerprint density at radius 3 is 3.06 bits per heavy atom. The van der Waals surface area contributed by atoms with Crippen molar-refractivity contribution in [3.8, 4) is 5.75 Å². The largest absolute Gasteiger partial charge is 0.490 e. The van der Waals surface area contributed by atoms with E-state index in [-0.39, 0.29) is 12.4 Å². The topological polar surface area (TPSA) is 34.1 Å². The SMILES string of the molecule is Cl.Fc1ncc(OCC2CCCN2)cc1Br. The number of halogens is 3. The first kappa shape index (κ1) is 13.7. The van der Waals surface area contributed by atoms with E-state index < -0.39 is 5.95 Å². The van der Waals surface area contributed by atoms with Gasteiger partial charge in [-0.3, -0.25) is 0 Å². The van der Waals surface area contributed by atoms with E-state index in [0.29, 0.717) is 22.9 Å². The molecule has 0 aliphatic carbocycles. The molecule has 1 N–H and O–H groups in total. The molecule has 1 aliphatic rings. The van der Waals surface area contributed by atoms with Crippen LogP contribution in [-0.4, -0.2) is 24.2 Å². The van der Waals surface area contributed by atoms with Crippen molar-refractivity contribution in [3.05, 3.63) is 22.7 Å². The van der Waals surface area contributed by atoms with E-state index in [4.69, 9.17) is 4.74 Å². The van der Waals surface area contributed by atoms with Crippen LogP contribution in [0.25, 0.3) is 0 Å². The van der Waals surface area contributed by atoms with Gasteiger partial charge in [0.25, 0.3) is 0 Å². The third-order valence-electron chi connectivity index (χ3n) is 2.38. The van der Waals surface area contributed by atoms with E-state index in [9.17, 15) is 4.39 Å². The van der Waals surface area contributed by atoms with Crippen molar-refractivity contribution in [1.29, 1.82) is 0 Å². The van der Waals surface area contributed by atoms with Crippen molar-refractivity contribution in [2.45, 2.75) is 18.9 Å². The fourth-order valence-electron chi connectivity index (χ4n) is 1.58. The summed E-state index contributed by atoms with van der Waals surface area (Å²) in [6.07, 6.45) is 3.73. The lowest BCUT2D eigenvalue weighted by Gasteiger charge is -2.11. The number of hydrogen-bond acceptors (Lipinski definition) is 3. The number of pyridine rings is 1. The highest BCUT2D eigenvalue weighted by molar-refractivity contribution is 9.10. The number of rotatable bonds is 3. The summed E-state index contributed by atoms with van der Waals surface area (Å²) in [5.41, 5.74) is 0. The van der Waals surface area contributed by atoms with Crippen LogP contribution in [0.5, 0.6) is 5.75 Å². The van der Waals surface area contributed by atoms with Gasteiger partial charge in [0, 0.05) is 12.1 Å². The lowest BCUT2D eigenvalue weighted by molar-refractivity contribution is 0.275. The van der Waals surface area contributed by atoms with E-state index in [1.165, 1.54) is 12.6 Å². The summed E-state index contributed by atoms with van der Waals surface area (Å²) < 4.78 is 18.7. The Bertz CT molecular complexity index is 348. The van der Waals surface area contributed by atoms with Crippen LogP contribution in [0.2, 0.25) is 0 Å². The second-order valence-electron chi connectivity index (χ2n) is 3.55. The smallest absolute Gasteiger partial charge is 0.227 e. The molecule has 1 saturated heterocycles. The summed E-state index contributed by atoms with van der Waals surface area (Å²) in [4.78, 5) is 3.56. The van der Waals surface area contributed by atoms with Crippen LogP contribution in [-0.2, 0) is 0 Å². The zero-order valence-corrected chi connectivity index (χ0v) is 11.0. The molecule has 1 aliphatic heterocycles. The van der Waals surface area contributed by atoms with Crippen molar-refractivity contribution in [3.63, 3.8) is 0 Å². The summed E-state index contributed by atoms with van der Waals surface area (Å²) in [5, 5.41) is 3.32. The van der Waals surface area contributed by atoms with Gasteiger partial charge in [0.05, 0.1) is 10.7 Å². The van der Waals surface area contributed by atoms with Crippen LogP contribution >= 0.6 is 28.3 Å². The van der Waals surface area contributed by atoms with Crippen LogP contribution in [0.1, 0.15) is 12.8 Å². The fraction of sp³-hybridized carbons (Fsp3) is 0.500.